The zero-order valence-electron chi connectivity index (χ0n) is 33.2. The Labute approximate surface area is 375 Å². The van der Waals surface area contributed by atoms with Crippen molar-refractivity contribution in [3.05, 3.63) is 205 Å². The maximum atomic E-state index is 11.5. The van der Waals surface area contributed by atoms with Gasteiger partial charge in [0, 0.05) is 0 Å². The van der Waals surface area contributed by atoms with Crippen LogP contribution in [-0.2, 0) is 55.4 Å². The number of benzene rings is 6. The molecule has 0 N–H and O–H groups in total. The van der Waals surface area contributed by atoms with Gasteiger partial charge in [0.15, 0.2) is 11.9 Å². The van der Waals surface area contributed by atoms with Crippen LogP contribution < -0.4 is 26.1 Å². The molecular weight excluding hydrogens is 993 g/mol. The number of hydrogen-bond acceptors (Lipinski definition) is 8. The first-order chi connectivity index (χ1) is 29.3. The number of halogens is 1. The number of rotatable bonds is 11. The third-order valence-corrected chi connectivity index (χ3v) is 18.2. The molecule has 0 aliphatic heterocycles. The Morgan fingerprint density at radius 1 is 0.367 bits per heavy atom. The van der Waals surface area contributed by atoms with Gasteiger partial charge in [-0.1, -0.05) is 0 Å². The monoisotopic (exact) mass is 1030 g/mol. The molecule has 308 valence electrons. The fourth-order valence-corrected chi connectivity index (χ4v) is 15.0. The summed E-state index contributed by atoms with van der Waals surface area (Å²) in [6, 6.07) is 65.4. The Morgan fingerprint density at radius 3 is 0.700 bits per heavy atom. The molecule has 60 heavy (non-hydrogen) atoms. The van der Waals surface area contributed by atoms with E-state index in [1.54, 1.807) is 0 Å². The number of carbonyl (C=O) groups excluding carboxylic acids is 4. The third kappa shape index (κ3) is 15.7. The van der Waals surface area contributed by atoms with Gasteiger partial charge < -0.3 is 28.5 Å². The van der Waals surface area contributed by atoms with Gasteiger partial charge in [-0.2, -0.15) is 0 Å². The standard InChI is InChI=1S/2C18H15As.C12H12O8.ClH.Rh/c2*1-4-10-16(11-5-1)19(17-12-6-2-7-13-17)18-14-8-3-9-15-18;1-17-9(13)5-7(11(15)19-3)8(12(16)20-4)6-10(14)18-2;;/h2*1-15H;1-4H3;1H;/q;;-2;;+3/p-1. The van der Waals surface area contributed by atoms with Crippen LogP contribution in [-0.4, -0.2) is 81.6 Å². The second-order valence-corrected chi connectivity index (χ2v) is 21.0. The zero-order valence-corrected chi connectivity index (χ0v) is 39.3. The Hall–Kier alpha value is -5.29. The Balaban J connectivity index is 0.000000235. The van der Waals surface area contributed by atoms with E-state index in [0.717, 1.165) is 28.4 Å². The minimum absolute atomic E-state index is 0.670. The number of ether oxygens (including phenoxy) is 4. The molecule has 0 aromatic heterocycles. The van der Waals surface area contributed by atoms with Crippen molar-refractivity contribution >= 4 is 89.0 Å². The molecule has 0 saturated heterocycles. The van der Waals surface area contributed by atoms with E-state index < -0.39 is 64.3 Å². The van der Waals surface area contributed by atoms with Crippen LogP contribution in [0.15, 0.2) is 193 Å². The first kappa shape index (κ1) is 49.1. The van der Waals surface area contributed by atoms with Crippen LogP contribution in [0.25, 0.3) is 0 Å². The van der Waals surface area contributed by atoms with Gasteiger partial charge in [-0.3, -0.25) is 9.59 Å². The predicted molar refractivity (Wildman–Crippen MR) is 235 cm³/mol. The fourth-order valence-electron chi connectivity index (χ4n) is 5.30. The van der Waals surface area contributed by atoms with Crippen molar-refractivity contribution in [3.63, 3.8) is 0 Å². The van der Waals surface area contributed by atoms with Crippen LogP contribution in [0.2, 0.25) is 0 Å². The van der Waals surface area contributed by atoms with E-state index in [9.17, 15) is 19.2 Å². The van der Waals surface area contributed by atoms with E-state index in [1.807, 2.05) is 29.5 Å². The summed E-state index contributed by atoms with van der Waals surface area (Å²) in [4.78, 5) is 45.4. The normalized spacial score (nSPS) is 10.6. The van der Waals surface area contributed by atoms with Crippen molar-refractivity contribution in [3.8, 4) is 0 Å². The van der Waals surface area contributed by atoms with Crippen LogP contribution in [0.4, 0.5) is 0 Å². The molecular formula is C48H42As2ClO8Rh. The Bertz CT molecular complexity index is 1900. The van der Waals surface area contributed by atoms with Crippen molar-refractivity contribution in [2.45, 2.75) is 0 Å². The molecule has 6 aromatic rings. The third-order valence-electron chi connectivity index (χ3n) is 7.94. The number of methoxy groups -OCH3 is 4. The summed E-state index contributed by atoms with van der Waals surface area (Å²) in [6.07, 6.45) is 3.87. The average Bonchev–Trinajstić information content (AvgIpc) is 3.32. The summed E-state index contributed by atoms with van der Waals surface area (Å²) in [7, 11) is 8.62. The molecule has 0 bridgehead atoms. The molecule has 0 fully saturated rings. The van der Waals surface area contributed by atoms with Crippen molar-refractivity contribution in [1.29, 1.82) is 0 Å². The van der Waals surface area contributed by atoms with Gasteiger partial charge in [-0.25, -0.2) is 11.1 Å². The summed E-state index contributed by atoms with van der Waals surface area (Å²) in [5, 5.41) is 0. The molecule has 0 aliphatic carbocycles. The van der Waals surface area contributed by atoms with Gasteiger partial charge in [-0.15, -0.1) is 12.2 Å². The van der Waals surface area contributed by atoms with E-state index in [2.05, 4.69) is 211 Å². The number of hydrogen-bond donors (Lipinski definition) is 0. The molecule has 0 amide bonds. The van der Waals surface area contributed by atoms with Gasteiger partial charge in [0.05, 0.1) is 28.4 Å². The van der Waals surface area contributed by atoms with Crippen molar-refractivity contribution in [2.75, 3.05) is 28.4 Å². The summed E-state index contributed by atoms with van der Waals surface area (Å²) in [5.74, 6) is -4.32. The maximum absolute atomic E-state index is 11.5. The zero-order chi connectivity index (χ0) is 43.5. The molecule has 0 atom stereocenters. The van der Waals surface area contributed by atoms with Crippen LogP contribution in [0, 0.1) is 12.2 Å². The topological polar surface area (TPSA) is 105 Å². The van der Waals surface area contributed by atoms with E-state index in [-0.39, 0.29) is 0 Å². The van der Waals surface area contributed by atoms with Gasteiger partial charge in [0.1, 0.15) is 0 Å². The van der Waals surface area contributed by atoms with Crippen molar-refractivity contribution < 1.29 is 55.4 Å². The fraction of sp³-hybridized carbons (Fsp3) is 0.0833. The summed E-state index contributed by atoms with van der Waals surface area (Å²) >= 11 is -0.757. The molecule has 6 rings (SSSR count). The predicted octanol–water partition coefficient (Wildman–Crippen LogP) is 4.23. The molecule has 12 heteroatoms. The summed E-state index contributed by atoms with van der Waals surface area (Å²) < 4.78 is 26.2. The van der Waals surface area contributed by atoms with E-state index in [0.29, 0.717) is 0 Å². The molecule has 0 saturated carbocycles. The van der Waals surface area contributed by atoms with Crippen LogP contribution in [0.5, 0.6) is 0 Å². The van der Waals surface area contributed by atoms with Gasteiger partial charge >= 0.3 is 264 Å². The molecule has 0 radical (unpaired) electrons. The molecule has 0 spiro atoms. The molecule has 0 aliphatic rings. The molecule has 0 unspecified atom stereocenters. The van der Waals surface area contributed by atoms with Crippen LogP contribution >= 0.6 is 9.69 Å². The molecule has 0 heterocycles. The van der Waals surface area contributed by atoms with E-state index in [1.165, 1.54) is 26.1 Å². The minimum atomic E-state index is -1.39. The Morgan fingerprint density at radius 2 is 0.550 bits per heavy atom. The van der Waals surface area contributed by atoms with Crippen LogP contribution in [0.3, 0.4) is 0 Å². The van der Waals surface area contributed by atoms with Crippen molar-refractivity contribution in [1.82, 2.24) is 0 Å². The van der Waals surface area contributed by atoms with Gasteiger partial charge in [0.2, 0.25) is 0 Å². The summed E-state index contributed by atoms with van der Waals surface area (Å²) in [5.41, 5.74) is -1.34. The SMILES string of the molecule is COC(=O)[C-]=C(C(=O)OC)C(=[C-]C(=O)OC)C(=O)OC.[Cl][Rh+2].c1ccc([As](c2ccccc2)c2ccccc2)cc1.c1ccc([As](c2ccccc2)c2ccccc2)cc1. The van der Waals surface area contributed by atoms with E-state index in [4.69, 9.17) is 0 Å². The average molecular weight is 1040 g/mol. The quantitative estimate of drug-likeness (QED) is 0.0475. The van der Waals surface area contributed by atoms with Crippen molar-refractivity contribution in [2.24, 2.45) is 0 Å². The number of carbonyl (C=O) groups is 4. The van der Waals surface area contributed by atoms with Gasteiger partial charge in [0.25, 0.3) is 11.9 Å². The second kappa shape index (κ2) is 28.2. The first-order valence-electron chi connectivity index (χ1n) is 17.9. The molecule has 8 nitrogen and oxygen atoms in total. The summed E-state index contributed by atoms with van der Waals surface area (Å²) in [6.45, 7) is 0. The van der Waals surface area contributed by atoms with Gasteiger partial charge in [-0.05, 0) is 0 Å². The van der Waals surface area contributed by atoms with E-state index >= 15 is 0 Å². The first-order valence-corrected chi connectivity index (χ1v) is 25.7. The van der Waals surface area contributed by atoms with Crippen LogP contribution in [0.1, 0.15) is 0 Å². The second-order valence-electron chi connectivity index (χ2n) is 11.7. The Kier molecular flexibility index (Phi) is 23.1. The number of esters is 4. The molecule has 6 aromatic carbocycles.